The van der Waals surface area contributed by atoms with E-state index < -0.39 is 5.25 Å². The van der Waals surface area contributed by atoms with Crippen molar-refractivity contribution >= 4 is 17.7 Å². The van der Waals surface area contributed by atoms with E-state index in [1.165, 1.54) is 23.9 Å². The number of carbonyl (C=O) groups is 1. The molecule has 6 nitrogen and oxygen atoms in total. The molecule has 1 N–H and O–H groups in total. The van der Waals surface area contributed by atoms with Gasteiger partial charge in [-0.1, -0.05) is 36.0 Å². The topological polar surface area (TPSA) is 77.2 Å². The molecule has 28 heavy (non-hydrogen) atoms. The number of benzene rings is 2. The van der Waals surface area contributed by atoms with Crippen LogP contribution in [0.15, 0.2) is 58.2 Å². The predicted molar refractivity (Wildman–Crippen MR) is 105 cm³/mol. The van der Waals surface area contributed by atoms with Gasteiger partial charge in [0.25, 0.3) is 11.1 Å². The zero-order chi connectivity index (χ0) is 20.1. The van der Waals surface area contributed by atoms with Crippen molar-refractivity contribution in [2.24, 2.45) is 0 Å². The van der Waals surface area contributed by atoms with E-state index in [1.807, 2.05) is 25.1 Å². The normalized spacial score (nSPS) is 13.0. The molecule has 3 aromatic rings. The molecule has 0 aliphatic carbocycles. The van der Waals surface area contributed by atoms with Crippen molar-refractivity contribution in [2.45, 2.75) is 30.4 Å². The van der Waals surface area contributed by atoms with Gasteiger partial charge in [0, 0.05) is 0 Å². The van der Waals surface area contributed by atoms with Crippen LogP contribution in [0.4, 0.5) is 4.39 Å². The van der Waals surface area contributed by atoms with Gasteiger partial charge in [-0.15, -0.1) is 10.2 Å². The third-order valence-corrected chi connectivity index (χ3v) is 5.05. The molecule has 1 heterocycles. The van der Waals surface area contributed by atoms with Crippen LogP contribution in [0.5, 0.6) is 5.75 Å². The number of amides is 1. The summed E-state index contributed by atoms with van der Waals surface area (Å²) >= 11 is 1.17. The van der Waals surface area contributed by atoms with Gasteiger partial charge in [0.2, 0.25) is 5.91 Å². The van der Waals surface area contributed by atoms with Gasteiger partial charge in [0.05, 0.1) is 24.0 Å². The zero-order valence-electron chi connectivity index (χ0n) is 15.7. The number of rotatable bonds is 7. The van der Waals surface area contributed by atoms with Gasteiger partial charge in [-0.05, 0) is 43.7 Å². The minimum absolute atomic E-state index is 0.182. The van der Waals surface area contributed by atoms with Crippen LogP contribution in [0, 0.1) is 5.82 Å². The molecular formula is C20H20FN3O3S. The highest BCUT2D eigenvalue weighted by Crippen LogP contribution is 2.31. The van der Waals surface area contributed by atoms with E-state index in [9.17, 15) is 9.18 Å². The Labute approximate surface area is 166 Å². The van der Waals surface area contributed by atoms with Crippen LogP contribution < -0.4 is 10.1 Å². The number of methoxy groups -OCH3 is 1. The van der Waals surface area contributed by atoms with Crippen LogP contribution >= 0.6 is 11.8 Å². The summed E-state index contributed by atoms with van der Waals surface area (Å²) in [4.78, 5) is 12.5. The highest BCUT2D eigenvalue weighted by Gasteiger charge is 2.21. The van der Waals surface area contributed by atoms with E-state index in [2.05, 4.69) is 15.5 Å². The summed E-state index contributed by atoms with van der Waals surface area (Å²) in [5, 5.41) is 10.8. The number of hydrogen-bond acceptors (Lipinski definition) is 6. The Morgan fingerprint density at radius 3 is 2.57 bits per heavy atom. The third-order valence-electron chi connectivity index (χ3n) is 4.12. The number of nitrogens with zero attached hydrogens (tertiary/aromatic N) is 2. The Morgan fingerprint density at radius 1 is 1.14 bits per heavy atom. The molecule has 2 aromatic carbocycles. The summed E-state index contributed by atoms with van der Waals surface area (Å²) in [6, 6.07) is 13.1. The molecule has 0 bridgehead atoms. The monoisotopic (exact) mass is 401 g/mol. The lowest BCUT2D eigenvalue weighted by Gasteiger charge is -2.16. The number of nitrogens with one attached hydrogen (secondary N) is 1. The number of carbonyl (C=O) groups excluding carboxylic acids is 1. The Hall–Kier alpha value is -2.87. The molecule has 0 aliphatic rings. The summed E-state index contributed by atoms with van der Waals surface area (Å²) in [7, 11) is 1.57. The number of hydrogen-bond donors (Lipinski definition) is 1. The molecular weight excluding hydrogens is 381 g/mol. The maximum Gasteiger partial charge on any atom is 0.277 e. The molecule has 3 rings (SSSR count). The lowest BCUT2D eigenvalue weighted by Crippen LogP contribution is -2.33. The second-order valence-electron chi connectivity index (χ2n) is 6.12. The fourth-order valence-corrected chi connectivity index (χ4v) is 3.25. The first-order valence-electron chi connectivity index (χ1n) is 8.67. The van der Waals surface area contributed by atoms with E-state index >= 15 is 0 Å². The Kier molecular flexibility index (Phi) is 6.30. The van der Waals surface area contributed by atoms with Gasteiger partial charge in [-0.2, -0.15) is 0 Å². The molecule has 0 fully saturated rings. The van der Waals surface area contributed by atoms with Gasteiger partial charge >= 0.3 is 0 Å². The largest absolute Gasteiger partial charge is 0.496 e. The van der Waals surface area contributed by atoms with E-state index in [4.69, 9.17) is 9.15 Å². The van der Waals surface area contributed by atoms with E-state index in [-0.39, 0.29) is 23.0 Å². The van der Waals surface area contributed by atoms with E-state index in [0.717, 1.165) is 5.56 Å². The van der Waals surface area contributed by atoms with Crippen molar-refractivity contribution in [3.8, 4) is 17.2 Å². The SMILES string of the molecule is COc1ccccc1-c1nnc(SC(C)C(=O)NC(C)c2ccc(F)cc2)o1. The van der Waals surface area contributed by atoms with Gasteiger partial charge < -0.3 is 14.5 Å². The summed E-state index contributed by atoms with van der Waals surface area (Å²) in [5.74, 6) is 0.459. The molecule has 2 atom stereocenters. The Bertz CT molecular complexity index is 946. The van der Waals surface area contributed by atoms with Crippen molar-refractivity contribution in [2.75, 3.05) is 7.11 Å². The lowest BCUT2D eigenvalue weighted by molar-refractivity contribution is -0.120. The highest BCUT2D eigenvalue weighted by atomic mass is 32.2. The molecule has 146 valence electrons. The average Bonchev–Trinajstić information content (AvgIpc) is 3.16. The van der Waals surface area contributed by atoms with Gasteiger partial charge in [-0.25, -0.2) is 4.39 Å². The molecule has 0 saturated heterocycles. The number of para-hydroxylation sites is 1. The van der Waals surface area contributed by atoms with Gasteiger partial charge in [-0.3, -0.25) is 4.79 Å². The Balaban J connectivity index is 1.63. The maximum absolute atomic E-state index is 13.0. The van der Waals surface area contributed by atoms with Crippen LogP contribution in [0.25, 0.3) is 11.5 Å². The second kappa shape index (κ2) is 8.88. The van der Waals surface area contributed by atoms with Crippen LogP contribution in [-0.4, -0.2) is 28.5 Å². The van der Waals surface area contributed by atoms with Crippen LogP contribution in [0.3, 0.4) is 0 Å². The molecule has 0 saturated carbocycles. The summed E-state index contributed by atoms with van der Waals surface area (Å²) < 4.78 is 24.0. The number of ether oxygens (including phenoxy) is 1. The molecule has 1 aromatic heterocycles. The van der Waals surface area contributed by atoms with Gasteiger partial charge in [0.1, 0.15) is 11.6 Å². The standard InChI is InChI=1S/C20H20FN3O3S/c1-12(14-8-10-15(21)11-9-14)22-18(25)13(2)28-20-24-23-19(27-20)16-6-4-5-7-17(16)26-3/h4-13H,1-3H3,(H,22,25). The molecule has 2 unspecified atom stereocenters. The van der Waals surface area contributed by atoms with Crippen molar-refractivity contribution in [3.05, 3.63) is 59.9 Å². The molecule has 0 spiro atoms. The zero-order valence-corrected chi connectivity index (χ0v) is 16.5. The highest BCUT2D eigenvalue weighted by molar-refractivity contribution is 8.00. The summed E-state index contributed by atoms with van der Waals surface area (Å²) in [5.41, 5.74) is 1.51. The van der Waals surface area contributed by atoms with Crippen molar-refractivity contribution < 1.29 is 18.3 Å². The maximum atomic E-state index is 13.0. The van der Waals surface area contributed by atoms with E-state index in [0.29, 0.717) is 17.2 Å². The first-order chi connectivity index (χ1) is 13.5. The van der Waals surface area contributed by atoms with Crippen LogP contribution in [0.1, 0.15) is 25.5 Å². The Morgan fingerprint density at radius 2 is 1.86 bits per heavy atom. The van der Waals surface area contributed by atoms with Crippen molar-refractivity contribution in [1.82, 2.24) is 15.5 Å². The number of halogens is 1. The summed E-state index contributed by atoms with van der Waals surface area (Å²) in [6.07, 6.45) is 0. The number of aromatic nitrogens is 2. The van der Waals surface area contributed by atoms with Crippen molar-refractivity contribution in [1.29, 1.82) is 0 Å². The average molecular weight is 401 g/mol. The quantitative estimate of drug-likeness (QED) is 0.597. The second-order valence-corrected chi connectivity index (χ2v) is 7.41. The first kappa shape index (κ1) is 19.9. The van der Waals surface area contributed by atoms with E-state index in [1.54, 1.807) is 32.2 Å². The molecule has 8 heteroatoms. The van der Waals surface area contributed by atoms with Gasteiger partial charge in [0.15, 0.2) is 0 Å². The molecule has 1 amide bonds. The molecule has 0 aliphatic heterocycles. The van der Waals surface area contributed by atoms with Crippen LogP contribution in [-0.2, 0) is 4.79 Å². The number of thioether (sulfide) groups is 1. The first-order valence-corrected chi connectivity index (χ1v) is 9.55. The molecule has 0 radical (unpaired) electrons. The fraction of sp³-hybridized carbons (Fsp3) is 0.250. The lowest BCUT2D eigenvalue weighted by atomic mass is 10.1. The van der Waals surface area contributed by atoms with Crippen molar-refractivity contribution in [3.63, 3.8) is 0 Å². The fourth-order valence-electron chi connectivity index (χ4n) is 2.56. The van der Waals surface area contributed by atoms with Crippen LogP contribution in [0.2, 0.25) is 0 Å². The third kappa shape index (κ3) is 4.69. The summed E-state index contributed by atoms with van der Waals surface area (Å²) in [6.45, 7) is 3.60. The minimum Gasteiger partial charge on any atom is -0.496 e. The predicted octanol–water partition coefficient (Wildman–Crippen LogP) is 4.24. The minimum atomic E-state index is -0.450. The smallest absolute Gasteiger partial charge is 0.277 e.